The molecule has 1 rings (SSSR count). The van der Waals surface area contributed by atoms with Crippen LogP contribution < -0.4 is 0 Å². The summed E-state index contributed by atoms with van der Waals surface area (Å²) in [5.41, 5.74) is 0. The van der Waals surface area contributed by atoms with Crippen molar-refractivity contribution in [1.82, 2.24) is 0 Å². The largest absolute Gasteiger partial charge is 0.466 e. The second-order valence-electron chi connectivity index (χ2n) is 3.67. The van der Waals surface area contributed by atoms with Gasteiger partial charge in [0.1, 0.15) is 4.93 Å². The Labute approximate surface area is 101 Å². The predicted molar refractivity (Wildman–Crippen MR) is 65.5 cm³/mol. The summed E-state index contributed by atoms with van der Waals surface area (Å²) >= 11 is 6.01. The Kier molecular flexibility index (Phi) is 5.29. The van der Waals surface area contributed by atoms with E-state index in [4.69, 9.17) is 9.47 Å². The zero-order chi connectivity index (χ0) is 11.3. The van der Waals surface area contributed by atoms with Crippen molar-refractivity contribution in [2.45, 2.75) is 36.9 Å². The van der Waals surface area contributed by atoms with Crippen LogP contribution in [0, 0.1) is 0 Å². The molecule has 0 amide bonds. The summed E-state index contributed by atoms with van der Waals surface area (Å²) < 4.78 is 10.6. The zero-order valence-electron chi connectivity index (χ0n) is 9.19. The van der Waals surface area contributed by atoms with Crippen LogP contribution in [0.2, 0.25) is 0 Å². The summed E-state index contributed by atoms with van der Waals surface area (Å²) in [6.07, 6.45) is 1.14. The van der Waals surface area contributed by atoms with Crippen LogP contribution in [0.3, 0.4) is 0 Å². The molecule has 1 heterocycles. The third-order valence-corrected chi connectivity index (χ3v) is 4.43. The summed E-state index contributed by atoms with van der Waals surface area (Å²) in [5, 5.41) is 0.445. The van der Waals surface area contributed by atoms with Crippen molar-refractivity contribution in [3.8, 4) is 0 Å². The van der Waals surface area contributed by atoms with Crippen molar-refractivity contribution in [3.05, 3.63) is 0 Å². The van der Waals surface area contributed by atoms with Crippen LogP contribution >= 0.6 is 24.4 Å². The Morgan fingerprint density at radius 2 is 2.47 bits per heavy atom. The molecule has 0 bridgehead atoms. The van der Waals surface area contributed by atoms with Crippen LogP contribution in [0.25, 0.3) is 0 Å². The number of thiol groups is 1. The van der Waals surface area contributed by atoms with Crippen LogP contribution in [0.5, 0.6) is 0 Å². The monoisotopic (exact) mass is 250 g/mol. The predicted octanol–water partition coefficient (Wildman–Crippen LogP) is 2.11. The van der Waals surface area contributed by atoms with E-state index in [0.29, 0.717) is 24.7 Å². The molecule has 1 saturated heterocycles. The van der Waals surface area contributed by atoms with Crippen molar-refractivity contribution < 1.29 is 14.3 Å². The first-order valence-electron chi connectivity index (χ1n) is 5.18. The normalized spacial score (nSPS) is 30.5. The first-order chi connectivity index (χ1) is 7.09. The molecule has 0 spiro atoms. The average Bonchev–Trinajstić information content (AvgIpc) is 2.59. The van der Waals surface area contributed by atoms with Crippen molar-refractivity contribution in [2.24, 2.45) is 0 Å². The van der Waals surface area contributed by atoms with E-state index in [-0.39, 0.29) is 10.9 Å². The van der Waals surface area contributed by atoms with Gasteiger partial charge >= 0.3 is 5.97 Å². The molecule has 0 aromatic heterocycles. The number of ether oxygens (including phenoxy) is 2. The Morgan fingerprint density at radius 1 is 1.73 bits per heavy atom. The lowest BCUT2D eigenvalue weighted by Gasteiger charge is -2.21. The van der Waals surface area contributed by atoms with Gasteiger partial charge in [-0.3, -0.25) is 4.79 Å². The number of hydrogen-bond donors (Lipinski definition) is 1. The molecule has 0 radical (unpaired) electrons. The minimum Gasteiger partial charge on any atom is -0.466 e. The van der Waals surface area contributed by atoms with Gasteiger partial charge in [-0.1, -0.05) is 0 Å². The molecule has 88 valence electrons. The number of carbonyl (C=O) groups excluding carboxylic acids is 1. The summed E-state index contributed by atoms with van der Waals surface area (Å²) in [5.74, 6) is 0.678. The van der Waals surface area contributed by atoms with Crippen molar-refractivity contribution in [2.75, 3.05) is 19.0 Å². The molecule has 1 fully saturated rings. The maximum Gasteiger partial charge on any atom is 0.305 e. The Balaban J connectivity index is 2.29. The summed E-state index contributed by atoms with van der Waals surface area (Å²) in [6.45, 7) is 5.02. The molecule has 2 unspecified atom stereocenters. The average molecular weight is 250 g/mol. The molecule has 0 aromatic rings. The van der Waals surface area contributed by atoms with E-state index in [1.165, 1.54) is 0 Å². The number of rotatable bonds is 5. The fourth-order valence-electron chi connectivity index (χ4n) is 1.47. The quantitative estimate of drug-likeness (QED) is 0.599. The second-order valence-corrected chi connectivity index (χ2v) is 5.80. The molecule has 0 aliphatic carbocycles. The lowest BCUT2D eigenvalue weighted by atomic mass is 10.2. The van der Waals surface area contributed by atoms with E-state index in [2.05, 4.69) is 12.6 Å². The summed E-state index contributed by atoms with van der Waals surface area (Å²) in [4.78, 5) is 11.0. The number of thioether (sulfide) groups is 1. The third-order valence-electron chi connectivity index (χ3n) is 2.28. The van der Waals surface area contributed by atoms with Crippen molar-refractivity contribution >= 4 is 30.4 Å². The standard InChI is InChI=1S/C10H18O3S2/c1-3-12-9(11)4-5-10(2)13-6-8(7-14)15-10/h8,14H,3-7H2,1-2H3. The molecular formula is C10H18O3S2. The van der Waals surface area contributed by atoms with Gasteiger partial charge in [0, 0.05) is 17.4 Å². The highest BCUT2D eigenvalue weighted by Gasteiger charge is 2.36. The summed E-state index contributed by atoms with van der Waals surface area (Å²) in [7, 11) is 0. The zero-order valence-corrected chi connectivity index (χ0v) is 10.9. The molecule has 0 aromatic carbocycles. The van der Waals surface area contributed by atoms with Gasteiger partial charge in [0.15, 0.2) is 0 Å². The van der Waals surface area contributed by atoms with Crippen LogP contribution in [-0.4, -0.2) is 35.1 Å². The minimum absolute atomic E-state index is 0.141. The van der Waals surface area contributed by atoms with Gasteiger partial charge < -0.3 is 9.47 Å². The van der Waals surface area contributed by atoms with E-state index >= 15 is 0 Å². The Hall–Kier alpha value is 0.130. The molecular weight excluding hydrogens is 232 g/mol. The number of carbonyl (C=O) groups is 1. The van der Waals surface area contributed by atoms with E-state index in [9.17, 15) is 4.79 Å². The third kappa shape index (κ3) is 4.25. The fraction of sp³-hybridized carbons (Fsp3) is 0.900. The number of hydrogen-bond acceptors (Lipinski definition) is 5. The van der Waals surface area contributed by atoms with Gasteiger partial charge in [0.2, 0.25) is 0 Å². The molecule has 0 saturated carbocycles. The molecule has 0 N–H and O–H groups in total. The van der Waals surface area contributed by atoms with Crippen LogP contribution in [0.1, 0.15) is 26.7 Å². The van der Waals surface area contributed by atoms with Gasteiger partial charge in [-0.05, 0) is 20.3 Å². The van der Waals surface area contributed by atoms with Crippen molar-refractivity contribution in [1.29, 1.82) is 0 Å². The molecule has 5 heteroatoms. The minimum atomic E-state index is -0.236. The highest BCUT2D eigenvalue weighted by Crippen LogP contribution is 2.41. The number of esters is 1. The van der Waals surface area contributed by atoms with E-state index < -0.39 is 0 Å². The van der Waals surface area contributed by atoms with E-state index in [0.717, 1.165) is 12.4 Å². The van der Waals surface area contributed by atoms with Crippen LogP contribution in [0.4, 0.5) is 0 Å². The molecule has 3 nitrogen and oxygen atoms in total. The highest BCUT2D eigenvalue weighted by molar-refractivity contribution is 8.02. The highest BCUT2D eigenvalue weighted by atomic mass is 32.2. The lowest BCUT2D eigenvalue weighted by Crippen LogP contribution is -2.21. The second kappa shape index (κ2) is 6.01. The topological polar surface area (TPSA) is 35.5 Å². The molecule has 1 aliphatic heterocycles. The van der Waals surface area contributed by atoms with E-state index in [1.54, 1.807) is 11.8 Å². The van der Waals surface area contributed by atoms with Gasteiger partial charge in [0.25, 0.3) is 0 Å². The Bertz CT molecular complexity index is 223. The van der Waals surface area contributed by atoms with E-state index in [1.807, 2.05) is 13.8 Å². The fourth-order valence-corrected chi connectivity index (χ4v) is 3.07. The Morgan fingerprint density at radius 3 is 3.00 bits per heavy atom. The SMILES string of the molecule is CCOC(=O)CCC1(C)OCC(CS)S1. The van der Waals surface area contributed by atoms with Gasteiger partial charge in [-0.15, -0.1) is 11.8 Å². The summed E-state index contributed by atoms with van der Waals surface area (Å²) in [6, 6.07) is 0. The smallest absolute Gasteiger partial charge is 0.305 e. The van der Waals surface area contributed by atoms with Crippen LogP contribution in [-0.2, 0) is 14.3 Å². The van der Waals surface area contributed by atoms with Gasteiger partial charge in [-0.2, -0.15) is 12.6 Å². The molecule has 2 atom stereocenters. The maximum atomic E-state index is 11.2. The first-order valence-corrected chi connectivity index (χ1v) is 6.69. The van der Waals surface area contributed by atoms with Crippen molar-refractivity contribution in [3.63, 3.8) is 0 Å². The first kappa shape index (κ1) is 13.2. The molecule has 1 aliphatic rings. The molecule has 15 heavy (non-hydrogen) atoms. The van der Waals surface area contributed by atoms with Crippen LogP contribution in [0.15, 0.2) is 0 Å². The van der Waals surface area contributed by atoms with Gasteiger partial charge in [0.05, 0.1) is 13.2 Å². The van der Waals surface area contributed by atoms with Gasteiger partial charge in [-0.25, -0.2) is 0 Å². The maximum absolute atomic E-state index is 11.2. The lowest BCUT2D eigenvalue weighted by molar-refractivity contribution is -0.144.